The van der Waals surface area contributed by atoms with E-state index < -0.39 is 11.4 Å². The van der Waals surface area contributed by atoms with Gasteiger partial charge in [-0.05, 0) is 62.1 Å². The number of aromatic nitrogens is 2. The fraction of sp³-hybridized carbons (Fsp3) is 0.483. The molecule has 1 N–H and O–H groups in total. The average molecular weight is 512 g/mol. The van der Waals surface area contributed by atoms with Crippen LogP contribution in [0.25, 0.3) is 0 Å². The fourth-order valence-corrected chi connectivity index (χ4v) is 4.77. The maximum Gasteiger partial charge on any atom is 0.165 e. The van der Waals surface area contributed by atoms with E-state index in [4.69, 9.17) is 14.2 Å². The molecule has 0 bridgehead atoms. The minimum atomic E-state index is -0.971. The van der Waals surface area contributed by atoms with Crippen LogP contribution in [0.4, 0.5) is 4.39 Å². The van der Waals surface area contributed by atoms with Crippen LogP contribution in [-0.2, 0) is 19.5 Å². The van der Waals surface area contributed by atoms with Gasteiger partial charge in [0.05, 0.1) is 19.3 Å². The summed E-state index contributed by atoms with van der Waals surface area (Å²) in [6.07, 6.45) is 7.67. The lowest BCUT2D eigenvalue weighted by Crippen LogP contribution is -2.37. The summed E-state index contributed by atoms with van der Waals surface area (Å²) in [5.41, 5.74) is 0.157. The minimum Gasteiger partial charge on any atom is -0.493 e. The highest BCUT2D eigenvalue weighted by Crippen LogP contribution is 2.30. The van der Waals surface area contributed by atoms with Crippen molar-refractivity contribution in [2.75, 3.05) is 33.4 Å². The Bertz CT molecular complexity index is 1140. The predicted octanol–water partition coefficient (Wildman–Crippen LogP) is 4.86. The number of methoxy groups -OCH3 is 1. The van der Waals surface area contributed by atoms with Crippen molar-refractivity contribution in [1.82, 2.24) is 14.5 Å². The number of likely N-dealkylation sites (tertiary alicyclic amines) is 1. The van der Waals surface area contributed by atoms with Crippen LogP contribution in [0.5, 0.6) is 17.2 Å². The Hall–Kier alpha value is -3.10. The molecule has 3 aromatic rings. The average Bonchev–Trinajstić information content (AvgIpc) is 3.29. The molecule has 8 heteroatoms. The largest absolute Gasteiger partial charge is 0.493 e. The summed E-state index contributed by atoms with van der Waals surface area (Å²) in [5.74, 6) is 2.32. The van der Waals surface area contributed by atoms with Gasteiger partial charge in [-0.25, -0.2) is 9.37 Å². The van der Waals surface area contributed by atoms with Crippen molar-refractivity contribution < 1.29 is 23.7 Å². The zero-order chi connectivity index (χ0) is 26.1. The molecule has 1 aromatic heterocycles. The third-order valence-electron chi connectivity index (χ3n) is 6.90. The van der Waals surface area contributed by atoms with Crippen molar-refractivity contribution in [2.24, 2.45) is 0 Å². The Morgan fingerprint density at radius 1 is 1.05 bits per heavy atom. The summed E-state index contributed by atoms with van der Waals surface area (Å²) < 4.78 is 33.3. The van der Waals surface area contributed by atoms with Crippen molar-refractivity contribution in [2.45, 2.75) is 57.7 Å². The highest BCUT2D eigenvalue weighted by molar-refractivity contribution is 5.43. The van der Waals surface area contributed by atoms with E-state index in [1.165, 1.54) is 6.07 Å². The van der Waals surface area contributed by atoms with Crippen molar-refractivity contribution >= 4 is 0 Å². The normalized spacial score (nSPS) is 18.4. The molecule has 37 heavy (non-hydrogen) atoms. The molecule has 200 valence electrons. The standard InChI is InChI=1S/C29H38FN3O4/c1-3-28-31-14-18-33(28)16-7-19-36-26-11-10-23(20-27(26)35-2)21-32-15-6-12-29(34,13-17-32)22-37-25-9-5-4-8-24(25)30/h4-5,8-11,14,18,20,34H,3,6-7,12-13,15-17,19,21-22H2,1-2H3/t29-/m1/s1. The van der Waals surface area contributed by atoms with Gasteiger partial charge in [-0.15, -0.1) is 0 Å². The van der Waals surface area contributed by atoms with Crippen molar-refractivity contribution in [3.8, 4) is 17.2 Å². The van der Waals surface area contributed by atoms with E-state index in [2.05, 4.69) is 27.4 Å². The summed E-state index contributed by atoms with van der Waals surface area (Å²) in [4.78, 5) is 6.69. The predicted molar refractivity (Wildman–Crippen MR) is 141 cm³/mol. The monoisotopic (exact) mass is 511 g/mol. The molecule has 0 radical (unpaired) electrons. The summed E-state index contributed by atoms with van der Waals surface area (Å²) in [6.45, 7) is 6.01. The molecular formula is C29H38FN3O4. The van der Waals surface area contributed by atoms with Crippen molar-refractivity contribution in [3.05, 3.63) is 72.1 Å². The molecule has 1 saturated heterocycles. The number of aryl methyl sites for hydroxylation is 2. The number of halogens is 1. The van der Waals surface area contributed by atoms with Crippen LogP contribution in [0, 0.1) is 5.82 Å². The highest BCUT2D eigenvalue weighted by atomic mass is 19.1. The number of hydrogen-bond acceptors (Lipinski definition) is 6. The van der Waals surface area contributed by atoms with E-state index >= 15 is 0 Å². The molecule has 0 spiro atoms. The summed E-state index contributed by atoms with van der Waals surface area (Å²) in [5, 5.41) is 11.1. The molecule has 1 fully saturated rings. The molecule has 2 aromatic carbocycles. The van der Waals surface area contributed by atoms with Gasteiger partial charge in [0.1, 0.15) is 12.4 Å². The molecule has 1 aliphatic heterocycles. The zero-order valence-corrected chi connectivity index (χ0v) is 21.9. The molecule has 4 rings (SSSR count). The number of rotatable bonds is 12. The first-order chi connectivity index (χ1) is 18.0. The number of benzene rings is 2. The molecule has 1 atom stereocenters. The molecule has 7 nitrogen and oxygen atoms in total. The lowest BCUT2D eigenvalue weighted by molar-refractivity contribution is -0.0177. The van der Waals surface area contributed by atoms with Crippen LogP contribution in [0.1, 0.15) is 44.0 Å². The zero-order valence-electron chi connectivity index (χ0n) is 21.9. The van der Waals surface area contributed by atoms with Gasteiger partial charge in [-0.1, -0.05) is 25.1 Å². The first kappa shape index (κ1) is 26.9. The van der Waals surface area contributed by atoms with Gasteiger partial charge in [0.2, 0.25) is 0 Å². The van der Waals surface area contributed by atoms with E-state index in [-0.39, 0.29) is 12.4 Å². The van der Waals surface area contributed by atoms with Crippen LogP contribution < -0.4 is 14.2 Å². The Morgan fingerprint density at radius 3 is 2.73 bits per heavy atom. The number of ether oxygens (including phenoxy) is 3. The van der Waals surface area contributed by atoms with Crippen LogP contribution >= 0.6 is 0 Å². The molecule has 0 saturated carbocycles. The van der Waals surface area contributed by atoms with Crippen LogP contribution in [-0.4, -0.2) is 58.6 Å². The lowest BCUT2D eigenvalue weighted by atomic mass is 9.96. The smallest absolute Gasteiger partial charge is 0.165 e. The van der Waals surface area contributed by atoms with E-state index in [1.807, 2.05) is 24.5 Å². The summed E-state index contributed by atoms with van der Waals surface area (Å²) in [6, 6.07) is 12.4. The number of para-hydroxylation sites is 1. The Kier molecular flexibility index (Phi) is 9.41. The first-order valence-corrected chi connectivity index (χ1v) is 13.1. The maximum atomic E-state index is 13.9. The fourth-order valence-electron chi connectivity index (χ4n) is 4.77. The van der Waals surface area contributed by atoms with Gasteiger partial charge in [0.25, 0.3) is 0 Å². The minimum absolute atomic E-state index is 0.0856. The Morgan fingerprint density at radius 2 is 1.92 bits per heavy atom. The van der Waals surface area contributed by atoms with Gasteiger partial charge >= 0.3 is 0 Å². The number of nitrogens with zero attached hydrogens (tertiary/aromatic N) is 3. The molecule has 1 aliphatic rings. The quantitative estimate of drug-likeness (QED) is 0.351. The first-order valence-electron chi connectivity index (χ1n) is 13.1. The van der Waals surface area contributed by atoms with Crippen molar-refractivity contribution in [3.63, 3.8) is 0 Å². The topological polar surface area (TPSA) is 69.0 Å². The van der Waals surface area contributed by atoms with Gasteiger partial charge in [0.15, 0.2) is 23.1 Å². The second-order valence-electron chi connectivity index (χ2n) is 9.65. The van der Waals surface area contributed by atoms with E-state index in [0.717, 1.165) is 68.3 Å². The molecule has 0 amide bonds. The number of aliphatic hydroxyl groups is 1. The molecule has 0 aliphatic carbocycles. The molecule has 2 heterocycles. The third kappa shape index (κ3) is 7.46. The van der Waals surface area contributed by atoms with Crippen LogP contribution in [0.2, 0.25) is 0 Å². The summed E-state index contributed by atoms with van der Waals surface area (Å²) in [7, 11) is 1.66. The molecular weight excluding hydrogens is 473 g/mol. The van der Waals surface area contributed by atoms with E-state index in [1.54, 1.807) is 25.3 Å². The van der Waals surface area contributed by atoms with E-state index in [0.29, 0.717) is 19.4 Å². The number of hydrogen-bond donors (Lipinski definition) is 1. The number of imidazole rings is 1. The Balaban J connectivity index is 1.26. The Labute approximate surface area is 218 Å². The SMILES string of the molecule is CCc1nccn1CCCOc1ccc(CN2CCC[C@](O)(COc3ccccc3F)CC2)cc1OC. The highest BCUT2D eigenvalue weighted by Gasteiger charge is 2.31. The van der Waals surface area contributed by atoms with Gasteiger partial charge in [0, 0.05) is 38.4 Å². The summed E-state index contributed by atoms with van der Waals surface area (Å²) >= 11 is 0. The third-order valence-corrected chi connectivity index (χ3v) is 6.90. The van der Waals surface area contributed by atoms with Gasteiger partial charge < -0.3 is 23.9 Å². The molecule has 0 unspecified atom stereocenters. The maximum absolute atomic E-state index is 13.9. The second-order valence-corrected chi connectivity index (χ2v) is 9.65. The van der Waals surface area contributed by atoms with Crippen LogP contribution in [0.3, 0.4) is 0 Å². The van der Waals surface area contributed by atoms with Gasteiger partial charge in [-0.2, -0.15) is 0 Å². The van der Waals surface area contributed by atoms with E-state index in [9.17, 15) is 9.50 Å². The van der Waals surface area contributed by atoms with Gasteiger partial charge in [-0.3, -0.25) is 4.90 Å². The van der Waals surface area contributed by atoms with Crippen LogP contribution in [0.15, 0.2) is 54.9 Å². The van der Waals surface area contributed by atoms with Crippen molar-refractivity contribution in [1.29, 1.82) is 0 Å². The second kappa shape index (κ2) is 12.9. The lowest BCUT2D eigenvalue weighted by Gasteiger charge is -2.27.